The Morgan fingerprint density at radius 2 is 2.05 bits per heavy atom. The van der Waals surface area contributed by atoms with Gasteiger partial charge >= 0.3 is 6.18 Å². The van der Waals surface area contributed by atoms with Crippen molar-refractivity contribution < 1.29 is 22.7 Å². The van der Waals surface area contributed by atoms with E-state index in [2.05, 4.69) is 0 Å². The second-order valence-corrected chi connectivity index (χ2v) is 5.48. The van der Waals surface area contributed by atoms with E-state index in [4.69, 9.17) is 4.74 Å². The van der Waals surface area contributed by atoms with Crippen molar-refractivity contribution in [2.45, 2.75) is 19.5 Å². The summed E-state index contributed by atoms with van der Waals surface area (Å²) in [6, 6.07) is 3.57. The SMILES string of the molecule is COCCC(=O)c1sc2cc(C(F)(F)F)ccc2c1C. The van der Waals surface area contributed by atoms with Crippen LogP contribution in [0.5, 0.6) is 0 Å². The minimum atomic E-state index is -4.37. The van der Waals surface area contributed by atoms with E-state index < -0.39 is 11.7 Å². The summed E-state index contributed by atoms with van der Waals surface area (Å²) in [7, 11) is 1.50. The highest BCUT2D eigenvalue weighted by Crippen LogP contribution is 2.36. The lowest BCUT2D eigenvalue weighted by atomic mass is 10.1. The molecule has 0 fully saturated rings. The lowest BCUT2D eigenvalue weighted by molar-refractivity contribution is -0.137. The summed E-state index contributed by atoms with van der Waals surface area (Å²) in [4.78, 5) is 12.5. The number of ether oxygens (including phenoxy) is 1. The fourth-order valence-corrected chi connectivity index (χ4v) is 3.19. The van der Waals surface area contributed by atoms with Crippen LogP contribution in [0.3, 0.4) is 0 Å². The molecule has 0 aliphatic carbocycles. The maximum Gasteiger partial charge on any atom is 0.416 e. The molecule has 0 unspecified atom stereocenters. The van der Waals surface area contributed by atoms with Crippen molar-refractivity contribution in [3.63, 3.8) is 0 Å². The summed E-state index contributed by atoms with van der Waals surface area (Å²) < 4.78 is 43.3. The number of fused-ring (bicyclic) bond motifs is 1. The summed E-state index contributed by atoms with van der Waals surface area (Å²) in [5, 5.41) is 0.698. The predicted octanol–water partition coefficient (Wildman–Crippen LogP) is 4.45. The summed E-state index contributed by atoms with van der Waals surface area (Å²) in [6.45, 7) is 2.06. The van der Waals surface area contributed by atoms with Crippen LogP contribution in [0.4, 0.5) is 13.2 Å². The van der Waals surface area contributed by atoms with Crippen molar-refractivity contribution in [2.24, 2.45) is 0 Å². The van der Waals surface area contributed by atoms with E-state index in [1.54, 1.807) is 6.92 Å². The largest absolute Gasteiger partial charge is 0.416 e. The molecule has 20 heavy (non-hydrogen) atoms. The van der Waals surface area contributed by atoms with Gasteiger partial charge in [-0.25, -0.2) is 0 Å². The lowest BCUT2D eigenvalue weighted by Crippen LogP contribution is -2.03. The van der Waals surface area contributed by atoms with E-state index in [1.165, 1.54) is 13.2 Å². The first-order valence-corrected chi connectivity index (χ1v) is 6.78. The molecule has 1 aromatic heterocycles. The van der Waals surface area contributed by atoms with Crippen LogP contribution in [0.25, 0.3) is 10.1 Å². The fourth-order valence-electron chi connectivity index (χ4n) is 1.98. The first-order valence-electron chi connectivity index (χ1n) is 5.97. The molecular formula is C14H13F3O2S. The number of hydrogen-bond acceptors (Lipinski definition) is 3. The maximum absolute atomic E-state index is 12.7. The van der Waals surface area contributed by atoms with Crippen molar-refractivity contribution in [3.05, 3.63) is 34.2 Å². The molecule has 0 N–H and O–H groups in total. The van der Waals surface area contributed by atoms with E-state index >= 15 is 0 Å². The summed E-state index contributed by atoms with van der Waals surface area (Å²) in [5.74, 6) is -0.0980. The zero-order valence-corrected chi connectivity index (χ0v) is 11.8. The van der Waals surface area contributed by atoms with Gasteiger partial charge in [0.25, 0.3) is 0 Å². The summed E-state index contributed by atoms with van der Waals surface area (Å²) >= 11 is 1.11. The number of halogens is 3. The van der Waals surface area contributed by atoms with E-state index in [0.29, 0.717) is 21.6 Å². The van der Waals surface area contributed by atoms with Crippen molar-refractivity contribution >= 4 is 27.2 Å². The highest BCUT2D eigenvalue weighted by Gasteiger charge is 2.31. The van der Waals surface area contributed by atoms with Gasteiger partial charge in [0.1, 0.15) is 0 Å². The van der Waals surface area contributed by atoms with Gasteiger partial charge in [-0.3, -0.25) is 4.79 Å². The molecule has 1 aromatic carbocycles. The topological polar surface area (TPSA) is 26.3 Å². The molecule has 2 aromatic rings. The Bertz CT molecular complexity index is 644. The Morgan fingerprint density at radius 1 is 1.35 bits per heavy atom. The van der Waals surface area contributed by atoms with Crippen LogP contribution in [-0.2, 0) is 10.9 Å². The average Bonchev–Trinajstić information content (AvgIpc) is 2.72. The maximum atomic E-state index is 12.7. The number of Topliss-reactive ketones (excluding diaryl/α,β-unsaturated/α-hetero) is 1. The highest BCUT2D eigenvalue weighted by atomic mass is 32.1. The van der Waals surface area contributed by atoms with Gasteiger partial charge in [-0.05, 0) is 30.0 Å². The number of hydrogen-bond donors (Lipinski definition) is 0. The number of carbonyl (C=O) groups excluding carboxylic acids is 1. The number of thiophene rings is 1. The van der Waals surface area contributed by atoms with Gasteiger partial charge in [0.05, 0.1) is 17.0 Å². The molecule has 0 aliphatic heterocycles. The minimum absolute atomic E-state index is 0.0980. The van der Waals surface area contributed by atoms with Crippen molar-refractivity contribution in [3.8, 4) is 0 Å². The van der Waals surface area contributed by atoms with Crippen molar-refractivity contribution in [1.82, 2.24) is 0 Å². The highest BCUT2D eigenvalue weighted by molar-refractivity contribution is 7.21. The van der Waals surface area contributed by atoms with Gasteiger partial charge in [0.2, 0.25) is 0 Å². The number of rotatable bonds is 4. The molecule has 0 bridgehead atoms. The number of alkyl halides is 3. The van der Waals surface area contributed by atoms with Gasteiger partial charge in [0.15, 0.2) is 5.78 Å². The Morgan fingerprint density at radius 3 is 2.65 bits per heavy atom. The zero-order chi connectivity index (χ0) is 14.9. The van der Waals surface area contributed by atoms with E-state index in [1.807, 2.05) is 0 Å². The van der Waals surface area contributed by atoms with Crippen LogP contribution in [0.2, 0.25) is 0 Å². The molecule has 6 heteroatoms. The first-order chi connectivity index (χ1) is 9.34. The molecule has 2 rings (SSSR count). The average molecular weight is 302 g/mol. The van der Waals surface area contributed by atoms with Crippen molar-refractivity contribution in [1.29, 1.82) is 0 Å². The summed E-state index contributed by atoms with van der Waals surface area (Å²) in [6.07, 6.45) is -4.14. The van der Waals surface area contributed by atoms with Crippen LogP contribution < -0.4 is 0 Å². The second-order valence-electron chi connectivity index (χ2n) is 4.43. The Balaban J connectivity index is 2.44. The van der Waals surface area contributed by atoms with Crippen LogP contribution in [-0.4, -0.2) is 19.5 Å². The molecule has 0 radical (unpaired) electrons. The van der Waals surface area contributed by atoms with Crippen LogP contribution in [0.15, 0.2) is 18.2 Å². The molecule has 0 aliphatic rings. The first kappa shape index (κ1) is 15.0. The lowest BCUT2D eigenvalue weighted by Gasteiger charge is -2.05. The standard InChI is InChI=1S/C14H13F3O2S/c1-8-10-4-3-9(14(15,16)17)7-12(10)20-13(8)11(18)5-6-19-2/h3-4,7H,5-6H2,1-2H3. The second kappa shape index (κ2) is 5.54. The molecule has 0 saturated carbocycles. The van der Waals surface area contributed by atoms with E-state index in [9.17, 15) is 18.0 Å². The Hall–Kier alpha value is -1.40. The van der Waals surface area contributed by atoms with Crippen molar-refractivity contribution in [2.75, 3.05) is 13.7 Å². The summed E-state index contributed by atoms with van der Waals surface area (Å²) in [5.41, 5.74) is 0.0435. The predicted molar refractivity (Wildman–Crippen MR) is 72.4 cm³/mol. The van der Waals surface area contributed by atoms with Gasteiger partial charge in [0, 0.05) is 18.2 Å². The Labute approximate surface area is 118 Å². The number of ketones is 1. The molecule has 0 spiro atoms. The van der Waals surface area contributed by atoms with Crippen LogP contribution in [0.1, 0.15) is 27.2 Å². The van der Waals surface area contributed by atoms with Crippen LogP contribution >= 0.6 is 11.3 Å². The third-order valence-corrected chi connectivity index (χ3v) is 4.35. The minimum Gasteiger partial charge on any atom is -0.384 e. The quantitative estimate of drug-likeness (QED) is 0.780. The van der Waals surface area contributed by atoms with Gasteiger partial charge in [-0.1, -0.05) is 6.07 Å². The third-order valence-electron chi connectivity index (χ3n) is 3.05. The Kier molecular flexibility index (Phi) is 4.15. The number of carbonyl (C=O) groups is 1. The molecule has 2 nitrogen and oxygen atoms in total. The number of aryl methyl sites for hydroxylation is 1. The molecule has 0 saturated heterocycles. The normalized spacial score (nSPS) is 12.1. The number of benzene rings is 1. The smallest absolute Gasteiger partial charge is 0.384 e. The van der Waals surface area contributed by atoms with Gasteiger partial charge in [-0.15, -0.1) is 11.3 Å². The third kappa shape index (κ3) is 2.86. The fraction of sp³-hybridized carbons (Fsp3) is 0.357. The molecular weight excluding hydrogens is 289 g/mol. The molecule has 1 heterocycles. The molecule has 0 atom stereocenters. The number of methoxy groups -OCH3 is 1. The van der Waals surface area contributed by atoms with E-state index in [-0.39, 0.29) is 12.2 Å². The zero-order valence-electron chi connectivity index (χ0n) is 11.0. The molecule has 0 amide bonds. The monoisotopic (exact) mass is 302 g/mol. The van der Waals surface area contributed by atoms with Gasteiger partial charge < -0.3 is 4.74 Å². The van der Waals surface area contributed by atoms with Gasteiger partial charge in [-0.2, -0.15) is 13.2 Å². The van der Waals surface area contributed by atoms with E-state index in [0.717, 1.165) is 29.0 Å². The molecule has 108 valence electrons. The van der Waals surface area contributed by atoms with Crippen LogP contribution in [0, 0.1) is 6.92 Å².